The Morgan fingerprint density at radius 1 is 1.07 bits per heavy atom. The zero-order valence-corrected chi connectivity index (χ0v) is 20.0. The van der Waals surface area contributed by atoms with Gasteiger partial charge in [-0.2, -0.15) is 0 Å². The summed E-state index contributed by atoms with van der Waals surface area (Å²) in [4.78, 5) is 5.47. The van der Waals surface area contributed by atoms with Crippen LogP contribution in [0.4, 0.5) is 0 Å². The first-order chi connectivity index (χ1) is 13.2. The molecule has 2 rings (SSSR count). The van der Waals surface area contributed by atoms with Crippen LogP contribution in [-0.4, -0.2) is 39.5 Å². The Hall–Kier alpha value is -1.61. The number of para-hydroxylation sites is 1. The highest BCUT2D eigenvalue weighted by Gasteiger charge is 2.08. The maximum Gasteiger partial charge on any atom is 0.191 e. The fourth-order valence-electron chi connectivity index (χ4n) is 2.49. The molecule has 5 nitrogen and oxygen atoms in total. The van der Waals surface area contributed by atoms with E-state index in [2.05, 4.69) is 34.7 Å². The number of nitrogens with one attached hydrogen (secondary N) is 2. The van der Waals surface area contributed by atoms with Gasteiger partial charge in [-0.3, -0.25) is 4.99 Å². The van der Waals surface area contributed by atoms with Crippen molar-refractivity contribution in [2.75, 3.05) is 33.6 Å². The van der Waals surface area contributed by atoms with E-state index in [-0.39, 0.29) is 24.0 Å². The van der Waals surface area contributed by atoms with Gasteiger partial charge in [-0.05, 0) is 35.7 Å². The lowest BCUT2D eigenvalue weighted by Crippen LogP contribution is -2.39. The van der Waals surface area contributed by atoms with E-state index in [1.54, 1.807) is 21.3 Å². The van der Waals surface area contributed by atoms with Crippen molar-refractivity contribution in [2.24, 2.45) is 10.9 Å². The maximum absolute atomic E-state index is 5.41. The SMILES string of the molecule is CN=C(NCc1cccc(OC)c1)NCC(C)CSc1ccccc1OC.I. The van der Waals surface area contributed by atoms with Gasteiger partial charge < -0.3 is 20.1 Å². The smallest absolute Gasteiger partial charge is 0.191 e. The number of rotatable bonds is 9. The van der Waals surface area contributed by atoms with Crippen molar-refractivity contribution in [1.29, 1.82) is 0 Å². The minimum atomic E-state index is 0. The Labute approximate surface area is 189 Å². The average Bonchev–Trinajstić information content (AvgIpc) is 2.72. The van der Waals surface area contributed by atoms with Crippen LogP contribution in [0.3, 0.4) is 0 Å². The summed E-state index contributed by atoms with van der Waals surface area (Å²) in [6, 6.07) is 16.1. The number of nitrogens with zero attached hydrogens (tertiary/aromatic N) is 1. The molecule has 2 N–H and O–H groups in total. The van der Waals surface area contributed by atoms with Crippen LogP contribution < -0.4 is 20.1 Å². The van der Waals surface area contributed by atoms with Gasteiger partial charge in [0.15, 0.2) is 5.96 Å². The lowest BCUT2D eigenvalue weighted by atomic mass is 10.2. The first kappa shape index (κ1) is 24.4. The molecular formula is C21H30IN3O2S. The third-order valence-corrected chi connectivity index (χ3v) is 5.41. The van der Waals surface area contributed by atoms with Gasteiger partial charge in [0.2, 0.25) is 0 Å². The molecule has 7 heteroatoms. The predicted octanol–water partition coefficient (Wildman–Crippen LogP) is 4.42. The largest absolute Gasteiger partial charge is 0.497 e. The molecule has 0 bridgehead atoms. The summed E-state index contributed by atoms with van der Waals surface area (Å²) in [6.07, 6.45) is 0. The first-order valence-electron chi connectivity index (χ1n) is 8.99. The van der Waals surface area contributed by atoms with Crippen LogP contribution in [-0.2, 0) is 6.54 Å². The van der Waals surface area contributed by atoms with Gasteiger partial charge in [0.05, 0.1) is 14.2 Å². The monoisotopic (exact) mass is 515 g/mol. The van der Waals surface area contributed by atoms with Gasteiger partial charge in [0.25, 0.3) is 0 Å². The van der Waals surface area contributed by atoms with Gasteiger partial charge in [-0.25, -0.2) is 0 Å². The molecule has 0 aliphatic heterocycles. The van der Waals surface area contributed by atoms with Crippen molar-refractivity contribution < 1.29 is 9.47 Å². The lowest BCUT2D eigenvalue weighted by Gasteiger charge is -2.16. The minimum Gasteiger partial charge on any atom is -0.497 e. The molecule has 0 spiro atoms. The van der Waals surface area contributed by atoms with E-state index >= 15 is 0 Å². The summed E-state index contributed by atoms with van der Waals surface area (Å²) in [6.45, 7) is 3.77. The number of ether oxygens (including phenoxy) is 2. The lowest BCUT2D eigenvalue weighted by molar-refractivity contribution is 0.405. The Kier molecular flexibility index (Phi) is 11.8. The molecule has 0 saturated carbocycles. The number of hydrogen-bond donors (Lipinski definition) is 2. The summed E-state index contributed by atoms with van der Waals surface area (Å²) in [5.74, 6) is 4.07. The molecule has 28 heavy (non-hydrogen) atoms. The predicted molar refractivity (Wildman–Crippen MR) is 129 cm³/mol. The third-order valence-electron chi connectivity index (χ3n) is 4.03. The number of benzene rings is 2. The number of aliphatic imine (C=N–C) groups is 1. The fraction of sp³-hybridized carbons (Fsp3) is 0.381. The number of guanidine groups is 1. The molecule has 2 aromatic carbocycles. The molecule has 0 aromatic heterocycles. The van der Waals surface area contributed by atoms with Crippen LogP contribution in [0.25, 0.3) is 0 Å². The Morgan fingerprint density at radius 3 is 2.57 bits per heavy atom. The highest BCUT2D eigenvalue weighted by Crippen LogP contribution is 2.29. The topological polar surface area (TPSA) is 54.9 Å². The van der Waals surface area contributed by atoms with Gasteiger partial charge in [0, 0.05) is 30.8 Å². The molecule has 0 fully saturated rings. The van der Waals surface area contributed by atoms with Gasteiger partial charge in [-0.1, -0.05) is 31.2 Å². The summed E-state index contributed by atoms with van der Waals surface area (Å²) in [5.41, 5.74) is 1.15. The third kappa shape index (κ3) is 8.18. The standard InChI is InChI=1S/C21H29N3O2S.HI/c1-16(15-27-20-11-6-5-10-19(20)26-4)13-23-21(22-2)24-14-17-8-7-9-18(12-17)25-3;/h5-12,16H,13-15H2,1-4H3,(H2,22,23,24);1H. The van der Waals surface area contributed by atoms with Crippen LogP contribution in [0.15, 0.2) is 58.4 Å². The minimum absolute atomic E-state index is 0. The molecular weight excluding hydrogens is 485 g/mol. The molecule has 0 saturated heterocycles. The number of hydrogen-bond acceptors (Lipinski definition) is 4. The molecule has 0 amide bonds. The van der Waals surface area contributed by atoms with Gasteiger partial charge in [-0.15, -0.1) is 35.7 Å². The van der Waals surface area contributed by atoms with E-state index in [9.17, 15) is 0 Å². The Bertz CT molecular complexity index is 743. The summed E-state index contributed by atoms with van der Waals surface area (Å²) >= 11 is 1.81. The highest BCUT2D eigenvalue weighted by molar-refractivity contribution is 14.0. The highest BCUT2D eigenvalue weighted by atomic mass is 127. The summed E-state index contributed by atoms with van der Waals surface area (Å²) in [5, 5.41) is 6.74. The second-order valence-electron chi connectivity index (χ2n) is 6.23. The Morgan fingerprint density at radius 2 is 1.86 bits per heavy atom. The van der Waals surface area contributed by atoms with E-state index in [0.717, 1.165) is 35.3 Å². The van der Waals surface area contributed by atoms with Crippen LogP contribution in [0.5, 0.6) is 11.5 Å². The molecule has 0 aliphatic rings. The zero-order chi connectivity index (χ0) is 19.5. The molecule has 1 unspecified atom stereocenters. The fourth-order valence-corrected chi connectivity index (χ4v) is 3.54. The second kappa shape index (κ2) is 13.5. The molecule has 0 aliphatic carbocycles. The Balaban J connectivity index is 0.00000392. The van der Waals surface area contributed by atoms with Crippen LogP contribution in [0, 0.1) is 5.92 Å². The molecule has 0 radical (unpaired) electrons. The number of methoxy groups -OCH3 is 2. The van der Waals surface area contributed by atoms with E-state index in [0.29, 0.717) is 12.5 Å². The molecule has 0 heterocycles. The molecule has 154 valence electrons. The van der Waals surface area contributed by atoms with E-state index in [1.165, 1.54) is 4.90 Å². The van der Waals surface area contributed by atoms with Crippen molar-refractivity contribution in [3.8, 4) is 11.5 Å². The quantitative estimate of drug-likeness (QED) is 0.224. The second-order valence-corrected chi connectivity index (χ2v) is 7.29. The van der Waals surface area contributed by atoms with Crippen molar-refractivity contribution in [2.45, 2.75) is 18.4 Å². The van der Waals surface area contributed by atoms with E-state index in [1.807, 2.05) is 48.2 Å². The normalized spacial score (nSPS) is 11.9. The van der Waals surface area contributed by atoms with Gasteiger partial charge >= 0.3 is 0 Å². The van der Waals surface area contributed by atoms with Crippen molar-refractivity contribution >= 4 is 41.7 Å². The van der Waals surface area contributed by atoms with Crippen molar-refractivity contribution in [1.82, 2.24) is 10.6 Å². The maximum atomic E-state index is 5.41. The van der Waals surface area contributed by atoms with Crippen LogP contribution >= 0.6 is 35.7 Å². The molecule has 1 atom stereocenters. The van der Waals surface area contributed by atoms with E-state index < -0.39 is 0 Å². The van der Waals surface area contributed by atoms with Crippen LogP contribution in [0.2, 0.25) is 0 Å². The first-order valence-corrected chi connectivity index (χ1v) is 9.98. The zero-order valence-electron chi connectivity index (χ0n) is 16.9. The van der Waals surface area contributed by atoms with Gasteiger partial charge in [0.1, 0.15) is 11.5 Å². The average molecular weight is 515 g/mol. The van der Waals surface area contributed by atoms with Crippen LogP contribution in [0.1, 0.15) is 12.5 Å². The summed E-state index contributed by atoms with van der Waals surface area (Å²) < 4.78 is 10.7. The summed E-state index contributed by atoms with van der Waals surface area (Å²) in [7, 11) is 5.18. The van der Waals surface area contributed by atoms with Crippen molar-refractivity contribution in [3.05, 3.63) is 54.1 Å². The molecule has 2 aromatic rings. The van der Waals surface area contributed by atoms with E-state index in [4.69, 9.17) is 9.47 Å². The number of halogens is 1. The van der Waals surface area contributed by atoms with Crippen molar-refractivity contribution in [3.63, 3.8) is 0 Å². The number of thioether (sulfide) groups is 1.